The summed E-state index contributed by atoms with van der Waals surface area (Å²) < 4.78 is 10.4. The van der Waals surface area contributed by atoms with Crippen molar-refractivity contribution in [3.8, 4) is 0 Å². The Hall–Kier alpha value is -0.730. The lowest BCUT2D eigenvalue weighted by Gasteiger charge is -2.17. The molecule has 0 aliphatic carbocycles. The van der Waals surface area contributed by atoms with E-state index in [1.807, 2.05) is 13.8 Å². The molecule has 0 spiro atoms. The van der Waals surface area contributed by atoms with Gasteiger partial charge in [0, 0.05) is 0 Å². The lowest BCUT2D eigenvalue weighted by Crippen LogP contribution is -2.18. The van der Waals surface area contributed by atoms with Gasteiger partial charge in [-0.25, -0.2) is 4.79 Å². The van der Waals surface area contributed by atoms with Crippen LogP contribution in [-0.2, 0) is 9.47 Å². The average Bonchev–Trinajstić information content (AvgIpc) is 2.50. The highest BCUT2D eigenvalue weighted by Gasteiger charge is 2.13. The molecule has 138 valence electrons. The number of ether oxygens (including phenoxy) is 2. The Labute approximate surface area is 144 Å². The van der Waals surface area contributed by atoms with Crippen molar-refractivity contribution in [3.05, 3.63) is 0 Å². The van der Waals surface area contributed by atoms with Crippen molar-refractivity contribution in [1.82, 2.24) is 0 Å². The van der Waals surface area contributed by atoms with Gasteiger partial charge in [-0.1, -0.05) is 78.1 Å². The van der Waals surface area contributed by atoms with Gasteiger partial charge in [0.2, 0.25) is 0 Å². The molecular formula is C20H40O3. The summed E-state index contributed by atoms with van der Waals surface area (Å²) in [4.78, 5) is 11.5. The number of carbonyl (C=O) groups is 1. The average molecular weight is 329 g/mol. The maximum atomic E-state index is 11.5. The van der Waals surface area contributed by atoms with Crippen molar-refractivity contribution in [1.29, 1.82) is 0 Å². The molecule has 0 aromatic carbocycles. The molecule has 0 fully saturated rings. The van der Waals surface area contributed by atoms with E-state index in [1.54, 1.807) is 0 Å². The number of hydrogen-bond donors (Lipinski definition) is 0. The molecule has 1 atom stereocenters. The molecule has 0 bridgehead atoms. The molecule has 0 amide bonds. The summed E-state index contributed by atoms with van der Waals surface area (Å²) in [6, 6.07) is 0. The van der Waals surface area contributed by atoms with Crippen molar-refractivity contribution in [2.45, 2.75) is 111 Å². The first-order chi connectivity index (χ1) is 11.1. The molecule has 23 heavy (non-hydrogen) atoms. The minimum Gasteiger partial charge on any atom is -0.434 e. The van der Waals surface area contributed by atoms with E-state index in [-0.39, 0.29) is 6.10 Å². The fourth-order valence-electron chi connectivity index (χ4n) is 2.80. The van der Waals surface area contributed by atoms with Crippen LogP contribution in [0.1, 0.15) is 105 Å². The summed E-state index contributed by atoms with van der Waals surface area (Å²) in [5, 5.41) is 0. The highest BCUT2D eigenvalue weighted by atomic mass is 16.7. The van der Waals surface area contributed by atoms with Gasteiger partial charge in [0.1, 0.15) is 0 Å². The third kappa shape index (κ3) is 15.9. The van der Waals surface area contributed by atoms with E-state index in [2.05, 4.69) is 13.8 Å². The fourth-order valence-corrected chi connectivity index (χ4v) is 2.80. The fraction of sp³-hybridized carbons (Fsp3) is 0.950. The topological polar surface area (TPSA) is 35.5 Å². The predicted molar refractivity (Wildman–Crippen MR) is 97.8 cm³/mol. The maximum Gasteiger partial charge on any atom is 0.508 e. The van der Waals surface area contributed by atoms with Gasteiger partial charge in [-0.2, -0.15) is 0 Å². The Bertz CT molecular complexity index is 264. The zero-order valence-corrected chi connectivity index (χ0v) is 16.1. The van der Waals surface area contributed by atoms with Crippen LogP contribution in [0.25, 0.3) is 0 Å². The minimum atomic E-state index is -0.512. The molecule has 0 aliphatic rings. The molecule has 0 radical (unpaired) electrons. The largest absolute Gasteiger partial charge is 0.508 e. The number of unbranched alkanes of at least 4 members (excludes halogenated alkanes) is 8. The van der Waals surface area contributed by atoms with Crippen LogP contribution in [0, 0.1) is 5.92 Å². The highest BCUT2D eigenvalue weighted by molar-refractivity contribution is 5.59. The lowest BCUT2D eigenvalue weighted by atomic mass is 9.95. The zero-order chi connectivity index (χ0) is 17.3. The number of rotatable bonds is 15. The minimum absolute atomic E-state index is 0.107. The van der Waals surface area contributed by atoms with Gasteiger partial charge in [-0.05, 0) is 32.6 Å². The van der Waals surface area contributed by atoms with Crippen molar-refractivity contribution in [3.63, 3.8) is 0 Å². The standard InChI is InChI=1S/C20H40O3/c1-5-7-9-11-12-14-16-19(15-13-10-8-6-2)17-22-20(21)23-18(3)4/h18-19H,5-17H2,1-4H3. The van der Waals surface area contributed by atoms with E-state index >= 15 is 0 Å². The van der Waals surface area contributed by atoms with Crippen molar-refractivity contribution in [2.75, 3.05) is 6.61 Å². The Morgan fingerprint density at radius 3 is 1.78 bits per heavy atom. The van der Waals surface area contributed by atoms with Crippen LogP contribution in [-0.4, -0.2) is 18.9 Å². The first-order valence-electron chi connectivity index (χ1n) is 9.93. The molecule has 3 heteroatoms. The van der Waals surface area contributed by atoms with Gasteiger partial charge >= 0.3 is 6.16 Å². The van der Waals surface area contributed by atoms with Crippen LogP contribution < -0.4 is 0 Å². The summed E-state index contributed by atoms with van der Waals surface area (Å²) >= 11 is 0. The predicted octanol–water partition coefficient (Wildman–Crippen LogP) is 6.89. The Morgan fingerprint density at radius 2 is 1.26 bits per heavy atom. The molecule has 0 heterocycles. The Morgan fingerprint density at radius 1 is 0.783 bits per heavy atom. The molecule has 0 saturated carbocycles. The zero-order valence-electron chi connectivity index (χ0n) is 16.1. The second-order valence-corrected chi connectivity index (χ2v) is 7.00. The summed E-state index contributed by atoms with van der Waals surface area (Å²) in [7, 11) is 0. The van der Waals surface area contributed by atoms with Gasteiger partial charge in [0.15, 0.2) is 0 Å². The van der Waals surface area contributed by atoms with Gasteiger partial charge < -0.3 is 9.47 Å². The second kappa shape index (κ2) is 16.1. The van der Waals surface area contributed by atoms with E-state index in [0.717, 1.165) is 0 Å². The lowest BCUT2D eigenvalue weighted by molar-refractivity contribution is 0.0234. The normalized spacial score (nSPS) is 12.4. The molecule has 3 nitrogen and oxygen atoms in total. The molecule has 0 aromatic heterocycles. The van der Waals surface area contributed by atoms with Crippen LogP contribution in [0.3, 0.4) is 0 Å². The molecule has 0 aromatic rings. The number of hydrogen-bond acceptors (Lipinski definition) is 3. The van der Waals surface area contributed by atoms with E-state index < -0.39 is 6.16 Å². The van der Waals surface area contributed by atoms with Gasteiger partial charge in [0.25, 0.3) is 0 Å². The summed E-state index contributed by atoms with van der Waals surface area (Å²) in [6.07, 6.45) is 14.7. The highest BCUT2D eigenvalue weighted by Crippen LogP contribution is 2.19. The van der Waals surface area contributed by atoms with Gasteiger partial charge in [0.05, 0.1) is 12.7 Å². The van der Waals surface area contributed by atoms with E-state index in [9.17, 15) is 4.79 Å². The monoisotopic (exact) mass is 328 g/mol. The summed E-state index contributed by atoms with van der Waals surface area (Å²) in [5.41, 5.74) is 0. The van der Waals surface area contributed by atoms with E-state index in [4.69, 9.17) is 9.47 Å². The first kappa shape index (κ1) is 22.3. The maximum absolute atomic E-state index is 11.5. The third-order valence-corrected chi connectivity index (χ3v) is 4.20. The SMILES string of the molecule is CCCCCCCCC(CCCCCC)COC(=O)OC(C)C. The third-order valence-electron chi connectivity index (χ3n) is 4.20. The van der Waals surface area contributed by atoms with Crippen LogP contribution in [0.4, 0.5) is 4.79 Å². The van der Waals surface area contributed by atoms with Crippen LogP contribution in [0.15, 0.2) is 0 Å². The van der Waals surface area contributed by atoms with Crippen molar-refractivity contribution >= 4 is 6.16 Å². The van der Waals surface area contributed by atoms with Crippen LogP contribution in [0.5, 0.6) is 0 Å². The molecule has 0 N–H and O–H groups in total. The molecule has 1 unspecified atom stereocenters. The van der Waals surface area contributed by atoms with E-state index in [1.165, 1.54) is 77.0 Å². The molecule has 0 rings (SSSR count). The van der Waals surface area contributed by atoms with Gasteiger partial charge in [-0.3, -0.25) is 0 Å². The van der Waals surface area contributed by atoms with Crippen LogP contribution >= 0.6 is 0 Å². The second-order valence-electron chi connectivity index (χ2n) is 7.00. The van der Waals surface area contributed by atoms with Crippen molar-refractivity contribution < 1.29 is 14.3 Å². The molecule has 0 saturated heterocycles. The smallest absolute Gasteiger partial charge is 0.434 e. The first-order valence-corrected chi connectivity index (χ1v) is 9.93. The van der Waals surface area contributed by atoms with E-state index in [0.29, 0.717) is 12.5 Å². The summed E-state index contributed by atoms with van der Waals surface area (Å²) in [6.45, 7) is 8.70. The number of carbonyl (C=O) groups excluding carboxylic acids is 1. The molecule has 0 aliphatic heterocycles. The van der Waals surface area contributed by atoms with Crippen molar-refractivity contribution in [2.24, 2.45) is 5.92 Å². The molecular weight excluding hydrogens is 288 g/mol. The Kier molecular flexibility index (Phi) is 15.6. The Balaban J connectivity index is 3.94. The quantitative estimate of drug-likeness (QED) is 0.243. The summed E-state index contributed by atoms with van der Waals surface area (Å²) in [5.74, 6) is 0.498. The van der Waals surface area contributed by atoms with Crippen LogP contribution in [0.2, 0.25) is 0 Å². The van der Waals surface area contributed by atoms with Gasteiger partial charge in [-0.15, -0.1) is 0 Å².